The summed E-state index contributed by atoms with van der Waals surface area (Å²) in [5.41, 5.74) is 4.10. The molecule has 0 aliphatic heterocycles. The van der Waals surface area contributed by atoms with Crippen molar-refractivity contribution < 1.29 is 9.53 Å². The maximum atomic E-state index is 11.2. The molecule has 2 aromatic carbocycles. The zero-order valence-corrected chi connectivity index (χ0v) is 11.9. The number of hydrogen-bond donors (Lipinski definition) is 1. The molecular formula is C17H15N3O2. The van der Waals surface area contributed by atoms with Gasteiger partial charge in [0.15, 0.2) is 0 Å². The normalized spacial score (nSPS) is 10.1. The SMILES string of the molecule is N#CCC(=O)NN=Cc1ccccc1OCc1ccccc1. The third kappa shape index (κ3) is 4.76. The van der Waals surface area contributed by atoms with Crippen LogP contribution in [-0.2, 0) is 11.4 Å². The van der Waals surface area contributed by atoms with Crippen LogP contribution in [0.25, 0.3) is 0 Å². The summed E-state index contributed by atoms with van der Waals surface area (Å²) in [7, 11) is 0. The van der Waals surface area contributed by atoms with Crippen molar-refractivity contribution in [2.75, 3.05) is 0 Å². The van der Waals surface area contributed by atoms with Gasteiger partial charge in [-0.05, 0) is 17.7 Å². The Bertz CT molecular complexity index is 691. The maximum absolute atomic E-state index is 11.2. The molecule has 110 valence electrons. The Labute approximate surface area is 128 Å². The molecule has 0 saturated carbocycles. The second-order valence-electron chi connectivity index (χ2n) is 4.44. The van der Waals surface area contributed by atoms with Crippen molar-refractivity contribution in [3.8, 4) is 11.8 Å². The number of amides is 1. The quantitative estimate of drug-likeness (QED) is 0.657. The van der Waals surface area contributed by atoms with E-state index in [1.165, 1.54) is 6.21 Å². The standard InChI is InChI=1S/C17H15N3O2/c18-11-10-17(21)20-19-12-15-8-4-5-9-16(15)22-13-14-6-2-1-3-7-14/h1-9,12H,10,13H2,(H,20,21). The van der Waals surface area contributed by atoms with E-state index in [1.54, 1.807) is 6.07 Å². The van der Waals surface area contributed by atoms with Gasteiger partial charge in [-0.25, -0.2) is 5.43 Å². The first-order valence-corrected chi connectivity index (χ1v) is 6.74. The van der Waals surface area contributed by atoms with E-state index in [2.05, 4.69) is 10.5 Å². The zero-order valence-electron chi connectivity index (χ0n) is 11.9. The second-order valence-corrected chi connectivity index (χ2v) is 4.44. The van der Waals surface area contributed by atoms with Gasteiger partial charge in [-0.2, -0.15) is 10.4 Å². The van der Waals surface area contributed by atoms with E-state index in [0.717, 1.165) is 11.1 Å². The van der Waals surface area contributed by atoms with Crippen LogP contribution >= 0.6 is 0 Å². The molecule has 1 amide bonds. The van der Waals surface area contributed by atoms with Gasteiger partial charge in [-0.15, -0.1) is 0 Å². The lowest BCUT2D eigenvalue weighted by Crippen LogP contribution is -2.16. The van der Waals surface area contributed by atoms with E-state index in [4.69, 9.17) is 10.00 Å². The number of rotatable bonds is 6. The highest BCUT2D eigenvalue weighted by Crippen LogP contribution is 2.17. The van der Waals surface area contributed by atoms with Crippen LogP contribution in [0.2, 0.25) is 0 Å². The average molecular weight is 293 g/mol. The highest BCUT2D eigenvalue weighted by Gasteiger charge is 2.02. The number of para-hydroxylation sites is 1. The van der Waals surface area contributed by atoms with Gasteiger partial charge in [0.2, 0.25) is 0 Å². The van der Waals surface area contributed by atoms with Crippen molar-refractivity contribution in [1.29, 1.82) is 5.26 Å². The third-order valence-electron chi connectivity index (χ3n) is 2.79. The van der Waals surface area contributed by atoms with Crippen molar-refractivity contribution in [3.63, 3.8) is 0 Å². The number of hydrazone groups is 1. The number of carbonyl (C=O) groups excluding carboxylic acids is 1. The number of nitrogens with one attached hydrogen (secondary N) is 1. The molecule has 5 nitrogen and oxygen atoms in total. The Morgan fingerprint density at radius 1 is 1.18 bits per heavy atom. The summed E-state index contributed by atoms with van der Waals surface area (Å²) >= 11 is 0. The van der Waals surface area contributed by atoms with Gasteiger partial charge < -0.3 is 4.74 Å². The monoisotopic (exact) mass is 293 g/mol. The predicted octanol–water partition coefficient (Wildman–Crippen LogP) is 2.63. The Balaban J connectivity index is 1.99. The van der Waals surface area contributed by atoms with Gasteiger partial charge in [0.1, 0.15) is 18.8 Å². The van der Waals surface area contributed by atoms with E-state index >= 15 is 0 Å². The molecule has 0 heterocycles. The molecule has 0 aliphatic rings. The van der Waals surface area contributed by atoms with Gasteiger partial charge >= 0.3 is 0 Å². The van der Waals surface area contributed by atoms with Crippen molar-refractivity contribution in [2.24, 2.45) is 5.10 Å². The molecule has 0 radical (unpaired) electrons. The molecule has 5 heteroatoms. The molecule has 0 aromatic heterocycles. The molecule has 22 heavy (non-hydrogen) atoms. The second kappa shape index (κ2) is 8.22. The van der Waals surface area contributed by atoms with Gasteiger partial charge in [0.05, 0.1) is 12.3 Å². The highest BCUT2D eigenvalue weighted by atomic mass is 16.5. The summed E-state index contributed by atoms with van der Waals surface area (Å²) in [5, 5.41) is 12.2. The van der Waals surface area contributed by atoms with E-state index < -0.39 is 5.91 Å². The van der Waals surface area contributed by atoms with Crippen molar-refractivity contribution in [1.82, 2.24) is 5.43 Å². The van der Waals surface area contributed by atoms with Gasteiger partial charge in [0, 0.05) is 5.56 Å². The molecule has 2 aromatic rings. The van der Waals surface area contributed by atoms with Crippen LogP contribution in [0.3, 0.4) is 0 Å². The van der Waals surface area contributed by atoms with Gasteiger partial charge in [0.25, 0.3) is 5.91 Å². The summed E-state index contributed by atoms with van der Waals surface area (Å²) in [5.74, 6) is 0.228. The fraction of sp³-hybridized carbons (Fsp3) is 0.118. The smallest absolute Gasteiger partial charge is 0.254 e. The zero-order chi connectivity index (χ0) is 15.6. The molecule has 0 unspecified atom stereocenters. The molecule has 1 N–H and O–H groups in total. The number of hydrogen-bond acceptors (Lipinski definition) is 4. The number of ether oxygens (including phenoxy) is 1. The van der Waals surface area contributed by atoms with E-state index in [1.807, 2.05) is 54.6 Å². The molecule has 0 fully saturated rings. The topological polar surface area (TPSA) is 74.5 Å². The van der Waals surface area contributed by atoms with Crippen molar-refractivity contribution >= 4 is 12.1 Å². The largest absolute Gasteiger partial charge is 0.488 e. The first kappa shape index (κ1) is 15.3. The summed E-state index contributed by atoms with van der Waals surface area (Å²) in [6, 6.07) is 19.0. The Morgan fingerprint density at radius 2 is 1.91 bits per heavy atom. The predicted molar refractivity (Wildman–Crippen MR) is 83.2 cm³/mol. The third-order valence-corrected chi connectivity index (χ3v) is 2.79. The molecule has 0 atom stereocenters. The summed E-state index contributed by atoms with van der Waals surface area (Å²) in [4.78, 5) is 11.2. The fourth-order valence-electron chi connectivity index (χ4n) is 1.74. The summed E-state index contributed by atoms with van der Waals surface area (Å²) in [6.45, 7) is 0.451. The Morgan fingerprint density at radius 3 is 2.68 bits per heavy atom. The maximum Gasteiger partial charge on any atom is 0.254 e. The molecule has 0 spiro atoms. The number of carbonyl (C=O) groups is 1. The minimum atomic E-state index is -0.443. The van der Waals surface area contributed by atoms with Gasteiger partial charge in [-0.1, -0.05) is 42.5 Å². The van der Waals surface area contributed by atoms with Crippen LogP contribution in [0.5, 0.6) is 5.75 Å². The van der Waals surface area contributed by atoms with Crippen molar-refractivity contribution in [3.05, 3.63) is 65.7 Å². The molecule has 0 saturated heterocycles. The van der Waals surface area contributed by atoms with Crippen LogP contribution < -0.4 is 10.2 Å². The van der Waals surface area contributed by atoms with Crippen LogP contribution in [0, 0.1) is 11.3 Å². The average Bonchev–Trinajstić information content (AvgIpc) is 2.55. The molecular weight excluding hydrogens is 278 g/mol. The lowest BCUT2D eigenvalue weighted by Gasteiger charge is -2.08. The summed E-state index contributed by atoms with van der Waals surface area (Å²) < 4.78 is 5.77. The highest BCUT2D eigenvalue weighted by molar-refractivity contribution is 5.85. The minimum Gasteiger partial charge on any atom is -0.488 e. The van der Waals surface area contributed by atoms with Crippen molar-refractivity contribution in [2.45, 2.75) is 13.0 Å². The number of benzene rings is 2. The molecule has 0 bridgehead atoms. The fourth-order valence-corrected chi connectivity index (χ4v) is 1.74. The lowest BCUT2D eigenvalue weighted by atomic mass is 10.2. The number of nitriles is 1. The van der Waals surface area contributed by atoms with Crippen LogP contribution in [0.4, 0.5) is 0 Å². The Kier molecular flexibility index (Phi) is 5.70. The van der Waals surface area contributed by atoms with Crippen LogP contribution in [0.15, 0.2) is 59.7 Å². The molecule has 2 rings (SSSR count). The number of nitrogens with zero attached hydrogens (tertiary/aromatic N) is 2. The van der Waals surface area contributed by atoms with E-state index in [9.17, 15) is 4.79 Å². The first-order chi connectivity index (χ1) is 10.8. The minimum absolute atomic E-state index is 0.219. The van der Waals surface area contributed by atoms with Gasteiger partial charge in [-0.3, -0.25) is 4.79 Å². The van der Waals surface area contributed by atoms with E-state index in [0.29, 0.717) is 12.4 Å². The molecule has 0 aliphatic carbocycles. The Hall–Kier alpha value is -3.13. The summed E-state index contributed by atoms with van der Waals surface area (Å²) in [6.07, 6.45) is 1.28. The van der Waals surface area contributed by atoms with E-state index in [-0.39, 0.29) is 6.42 Å². The van der Waals surface area contributed by atoms with Crippen LogP contribution in [-0.4, -0.2) is 12.1 Å². The first-order valence-electron chi connectivity index (χ1n) is 6.74. The van der Waals surface area contributed by atoms with Crippen LogP contribution in [0.1, 0.15) is 17.5 Å². The lowest BCUT2D eigenvalue weighted by molar-refractivity contribution is -0.120.